The van der Waals surface area contributed by atoms with E-state index in [1.54, 1.807) is 30.3 Å². The Morgan fingerprint density at radius 3 is 2.43 bits per heavy atom. The lowest BCUT2D eigenvalue weighted by molar-refractivity contribution is 0.557. The van der Waals surface area contributed by atoms with E-state index >= 15 is 0 Å². The van der Waals surface area contributed by atoms with Crippen LogP contribution < -0.4 is 10.0 Å². The number of hydrogen-bond acceptors (Lipinski definition) is 3. The zero-order chi connectivity index (χ0) is 15.6. The molecule has 0 saturated heterocycles. The first kappa shape index (κ1) is 15.8. The Bertz CT molecular complexity index is 751. The summed E-state index contributed by atoms with van der Waals surface area (Å²) in [5.41, 5.74) is 5.89. The second-order valence-electron chi connectivity index (χ2n) is 4.39. The Balaban J connectivity index is 2.57. The van der Waals surface area contributed by atoms with Gasteiger partial charge in [0.1, 0.15) is 10.7 Å². The second-order valence-corrected chi connectivity index (χ2v) is 6.76. The van der Waals surface area contributed by atoms with Gasteiger partial charge >= 0.3 is 0 Å². The highest BCUT2D eigenvalue weighted by atomic mass is 35.5. The standard InChI is InChI=1S/C14H14ClFN2O2S/c1-18(12-5-3-2-4-6-12)21(19,20)13-8-11(15)7-10(9-17)14(13)16/h2-8H,9,17H2,1H3. The van der Waals surface area contributed by atoms with Gasteiger partial charge in [-0.2, -0.15) is 0 Å². The predicted molar refractivity (Wildman–Crippen MR) is 81.3 cm³/mol. The van der Waals surface area contributed by atoms with Gasteiger partial charge in [0.25, 0.3) is 10.0 Å². The summed E-state index contributed by atoms with van der Waals surface area (Å²) < 4.78 is 40.4. The van der Waals surface area contributed by atoms with Crippen molar-refractivity contribution in [3.05, 3.63) is 58.9 Å². The molecule has 0 atom stereocenters. The van der Waals surface area contributed by atoms with Crippen molar-refractivity contribution in [1.82, 2.24) is 0 Å². The predicted octanol–water partition coefficient (Wildman–Crippen LogP) is 2.76. The lowest BCUT2D eigenvalue weighted by atomic mass is 10.2. The van der Waals surface area contributed by atoms with Crippen LogP contribution in [0.3, 0.4) is 0 Å². The molecule has 0 unspecified atom stereocenters. The molecule has 2 aromatic rings. The molecule has 21 heavy (non-hydrogen) atoms. The van der Waals surface area contributed by atoms with Crippen molar-refractivity contribution < 1.29 is 12.8 Å². The first-order chi connectivity index (χ1) is 9.87. The molecule has 0 spiro atoms. The van der Waals surface area contributed by atoms with E-state index in [2.05, 4.69) is 0 Å². The van der Waals surface area contributed by atoms with E-state index in [1.807, 2.05) is 0 Å². The lowest BCUT2D eigenvalue weighted by Gasteiger charge is -2.20. The summed E-state index contributed by atoms with van der Waals surface area (Å²) in [4.78, 5) is -0.484. The van der Waals surface area contributed by atoms with Crippen LogP contribution in [0.5, 0.6) is 0 Å². The third kappa shape index (κ3) is 3.02. The van der Waals surface area contributed by atoms with E-state index in [1.165, 1.54) is 13.1 Å². The molecule has 0 radical (unpaired) electrons. The molecular weight excluding hydrogens is 315 g/mol. The fourth-order valence-corrected chi connectivity index (χ4v) is 3.51. The number of rotatable bonds is 4. The minimum atomic E-state index is -4.06. The molecule has 0 fully saturated rings. The third-order valence-corrected chi connectivity index (χ3v) is 5.06. The molecule has 4 nitrogen and oxygen atoms in total. The maximum absolute atomic E-state index is 14.3. The first-order valence-electron chi connectivity index (χ1n) is 6.10. The van der Waals surface area contributed by atoms with Gasteiger partial charge in [0.2, 0.25) is 0 Å². The molecule has 0 amide bonds. The van der Waals surface area contributed by atoms with Gasteiger partial charge in [0.05, 0.1) is 5.69 Å². The molecule has 0 aliphatic heterocycles. The van der Waals surface area contributed by atoms with Gasteiger partial charge in [0.15, 0.2) is 0 Å². The van der Waals surface area contributed by atoms with Crippen LogP contribution >= 0.6 is 11.6 Å². The van der Waals surface area contributed by atoms with Crippen LogP contribution in [0.4, 0.5) is 10.1 Å². The largest absolute Gasteiger partial charge is 0.326 e. The summed E-state index contributed by atoms with van der Waals surface area (Å²) in [6, 6.07) is 10.8. The number of hydrogen-bond donors (Lipinski definition) is 1. The summed E-state index contributed by atoms with van der Waals surface area (Å²) in [7, 11) is -2.71. The maximum atomic E-state index is 14.3. The summed E-state index contributed by atoms with van der Waals surface area (Å²) in [6.07, 6.45) is 0. The summed E-state index contributed by atoms with van der Waals surface area (Å²) in [5.74, 6) is -0.871. The van der Waals surface area contributed by atoms with Gasteiger partial charge in [-0.15, -0.1) is 0 Å². The van der Waals surface area contributed by atoms with Crippen LogP contribution in [0.2, 0.25) is 5.02 Å². The van der Waals surface area contributed by atoms with E-state index in [0.717, 1.165) is 10.4 Å². The van der Waals surface area contributed by atoms with Crippen LogP contribution in [-0.4, -0.2) is 15.5 Å². The molecule has 0 aliphatic rings. The van der Waals surface area contributed by atoms with Crippen molar-refractivity contribution >= 4 is 27.3 Å². The normalized spacial score (nSPS) is 11.4. The van der Waals surface area contributed by atoms with E-state index in [0.29, 0.717) is 5.69 Å². The molecule has 2 aromatic carbocycles. The van der Waals surface area contributed by atoms with Crippen molar-refractivity contribution in [1.29, 1.82) is 0 Å². The Morgan fingerprint density at radius 1 is 1.24 bits per heavy atom. The lowest BCUT2D eigenvalue weighted by Crippen LogP contribution is -2.27. The maximum Gasteiger partial charge on any atom is 0.267 e. The molecule has 0 aliphatic carbocycles. The van der Waals surface area contributed by atoms with Gasteiger partial charge in [0, 0.05) is 24.2 Å². The highest BCUT2D eigenvalue weighted by Crippen LogP contribution is 2.28. The highest BCUT2D eigenvalue weighted by molar-refractivity contribution is 7.92. The van der Waals surface area contributed by atoms with Gasteiger partial charge in [-0.1, -0.05) is 29.8 Å². The van der Waals surface area contributed by atoms with E-state index in [4.69, 9.17) is 17.3 Å². The van der Waals surface area contributed by atoms with Crippen molar-refractivity contribution in [2.45, 2.75) is 11.4 Å². The zero-order valence-electron chi connectivity index (χ0n) is 11.3. The molecular formula is C14H14ClFN2O2S. The van der Waals surface area contributed by atoms with Crippen molar-refractivity contribution in [2.75, 3.05) is 11.4 Å². The number of benzene rings is 2. The van der Waals surface area contributed by atoms with Crippen molar-refractivity contribution in [2.24, 2.45) is 5.73 Å². The quantitative estimate of drug-likeness (QED) is 0.938. The Labute approximate surface area is 128 Å². The molecule has 0 aromatic heterocycles. The monoisotopic (exact) mass is 328 g/mol. The van der Waals surface area contributed by atoms with Gasteiger partial charge in [-0.25, -0.2) is 12.8 Å². The minimum Gasteiger partial charge on any atom is -0.326 e. The summed E-state index contributed by atoms with van der Waals surface area (Å²) in [6.45, 7) is -0.135. The van der Waals surface area contributed by atoms with Crippen LogP contribution in [0.1, 0.15) is 5.56 Å². The SMILES string of the molecule is CN(c1ccccc1)S(=O)(=O)c1cc(Cl)cc(CN)c1F. The Hall–Kier alpha value is -1.63. The zero-order valence-corrected chi connectivity index (χ0v) is 12.8. The van der Waals surface area contributed by atoms with Crippen molar-refractivity contribution in [3.63, 3.8) is 0 Å². The first-order valence-corrected chi connectivity index (χ1v) is 7.91. The Morgan fingerprint density at radius 2 is 1.86 bits per heavy atom. The molecule has 7 heteroatoms. The number of sulfonamides is 1. The van der Waals surface area contributed by atoms with Crippen LogP contribution in [0.15, 0.2) is 47.4 Å². The fourth-order valence-electron chi connectivity index (χ4n) is 1.88. The Kier molecular flexibility index (Phi) is 4.51. The van der Waals surface area contributed by atoms with E-state index in [9.17, 15) is 12.8 Å². The molecule has 0 heterocycles. The highest BCUT2D eigenvalue weighted by Gasteiger charge is 2.26. The molecule has 2 rings (SSSR count). The van der Waals surface area contributed by atoms with E-state index in [-0.39, 0.29) is 17.1 Å². The second kappa shape index (κ2) is 6.01. The number of nitrogens with zero attached hydrogens (tertiary/aromatic N) is 1. The van der Waals surface area contributed by atoms with Gasteiger partial charge < -0.3 is 5.73 Å². The van der Waals surface area contributed by atoms with E-state index < -0.39 is 20.7 Å². The molecule has 112 valence electrons. The number of para-hydroxylation sites is 1. The summed E-state index contributed by atoms with van der Waals surface area (Å²) in [5, 5.41) is 0.122. The third-order valence-electron chi connectivity index (χ3n) is 3.06. The van der Waals surface area contributed by atoms with Crippen LogP contribution in [0, 0.1) is 5.82 Å². The summed E-state index contributed by atoms with van der Waals surface area (Å²) >= 11 is 5.85. The number of nitrogens with two attached hydrogens (primary N) is 1. The van der Waals surface area contributed by atoms with Gasteiger partial charge in [-0.3, -0.25) is 4.31 Å². The fraction of sp³-hybridized carbons (Fsp3) is 0.143. The molecule has 0 saturated carbocycles. The average Bonchev–Trinajstić information content (AvgIpc) is 2.49. The number of halogens is 2. The minimum absolute atomic E-state index is 0.0579. The average molecular weight is 329 g/mol. The van der Waals surface area contributed by atoms with Gasteiger partial charge in [-0.05, 0) is 24.3 Å². The van der Waals surface area contributed by atoms with Crippen LogP contribution in [-0.2, 0) is 16.6 Å². The topological polar surface area (TPSA) is 63.4 Å². The van der Waals surface area contributed by atoms with Crippen molar-refractivity contribution in [3.8, 4) is 0 Å². The smallest absolute Gasteiger partial charge is 0.267 e. The molecule has 0 bridgehead atoms. The van der Waals surface area contributed by atoms with Crippen LogP contribution in [0.25, 0.3) is 0 Å². The number of anilines is 1. The molecule has 2 N–H and O–H groups in total.